The number of ether oxygens (including phenoxy) is 2. The van der Waals surface area contributed by atoms with Gasteiger partial charge in [-0.05, 0) is 100 Å². The van der Waals surface area contributed by atoms with Gasteiger partial charge in [0.05, 0.1) is 37.4 Å². The van der Waals surface area contributed by atoms with E-state index in [0.29, 0.717) is 48.6 Å². The molecule has 3 aromatic rings. The number of benzene rings is 1. The first-order valence-corrected chi connectivity index (χ1v) is 15.7. The fourth-order valence-electron chi connectivity index (χ4n) is 6.01. The van der Waals surface area contributed by atoms with Crippen LogP contribution in [0.4, 0.5) is 15.9 Å². The van der Waals surface area contributed by atoms with E-state index < -0.39 is 17.7 Å². The molecule has 3 heterocycles. The zero-order valence-electron chi connectivity index (χ0n) is 26.5. The molecular formula is C35H43FN4O5. The predicted octanol–water partition coefficient (Wildman–Crippen LogP) is 6.53. The second kappa shape index (κ2) is 13.8. The molecule has 0 spiro atoms. The highest BCUT2D eigenvalue weighted by Crippen LogP contribution is 2.45. The average Bonchev–Trinajstić information content (AvgIpc) is 3.88. The second-order valence-electron chi connectivity index (χ2n) is 12.7. The first-order valence-electron chi connectivity index (χ1n) is 15.7. The topological polar surface area (TPSA) is 105 Å². The lowest BCUT2D eigenvalue weighted by molar-refractivity contribution is -0.137. The van der Waals surface area contributed by atoms with Crippen LogP contribution in [0, 0.1) is 11.8 Å². The molecule has 45 heavy (non-hydrogen) atoms. The highest BCUT2D eigenvalue weighted by atomic mass is 19.1. The number of carbonyl (C=O) groups is 2. The smallest absolute Gasteiger partial charge is 0.303 e. The van der Waals surface area contributed by atoms with Crippen LogP contribution in [-0.4, -0.2) is 65.5 Å². The molecule has 1 unspecified atom stereocenters. The van der Waals surface area contributed by atoms with E-state index in [1.165, 1.54) is 18.7 Å². The van der Waals surface area contributed by atoms with Crippen molar-refractivity contribution < 1.29 is 28.6 Å². The van der Waals surface area contributed by atoms with Crippen molar-refractivity contribution in [1.29, 1.82) is 0 Å². The SMILES string of the molecule is COc1ccc(C(=O)N(c2ccccn2)[C@H](C)C(C)(C)F)c(N2CCC(COc3cc(C(CC(=O)O)C4CC4)ccn3)CC2)c1. The van der Waals surface area contributed by atoms with Gasteiger partial charge in [-0.1, -0.05) is 6.07 Å². The van der Waals surface area contributed by atoms with E-state index in [-0.39, 0.29) is 24.2 Å². The number of nitrogens with zero attached hydrogens (tertiary/aromatic N) is 4. The van der Waals surface area contributed by atoms with E-state index in [2.05, 4.69) is 14.9 Å². The average molecular weight is 619 g/mol. The van der Waals surface area contributed by atoms with E-state index in [1.54, 1.807) is 56.8 Å². The van der Waals surface area contributed by atoms with Crippen molar-refractivity contribution in [3.05, 3.63) is 72.1 Å². The number of piperidine rings is 1. The summed E-state index contributed by atoms with van der Waals surface area (Å²) in [5, 5.41) is 9.38. The maximum atomic E-state index is 15.3. The third kappa shape index (κ3) is 7.90. The fraction of sp³-hybridized carbons (Fsp3) is 0.486. The van der Waals surface area contributed by atoms with Gasteiger partial charge in [0.2, 0.25) is 5.88 Å². The molecule has 2 atom stereocenters. The van der Waals surface area contributed by atoms with E-state index in [1.807, 2.05) is 18.2 Å². The number of carboxylic acid groups (broad SMARTS) is 1. The molecule has 1 saturated heterocycles. The van der Waals surface area contributed by atoms with Crippen LogP contribution in [0.25, 0.3) is 0 Å². The Morgan fingerprint density at radius 2 is 1.82 bits per heavy atom. The number of aromatic nitrogens is 2. The predicted molar refractivity (Wildman–Crippen MR) is 171 cm³/mol. The van der Waals surface area contributed by atoms with Crippen LogP contribution in [-0.2, 0) is 4.79 Å². The molecule has 1 aliphatic carbocycles. The fourth-order valence-corrected chi connectivity index (χ4v) is 6.01. The number of carboxylic acids is 1. The Morgan fingerprint density at radius 1 is 1.07 bits per heavy atom. The van der Waals surface area contributed by atoms with Crippen molar-refractivity contribution in [2.24, 2.45) is 11.8 Å². The van der Waals surface area contributed by atoms with E-state index in [4.69, 9.17) is 9.47 Å². The van der Waals surface area contributed by atoms with Crippen molar-refractivity contribution in [3.63, 3.8) is 0 Å². The lowest BCUT2D eigenvalue weighted by atomic mass is 9.92. The number of rotatable bonds is 13. The van der Waals surface area contributed by atoms with Crippen LogP contribution < -0.4 is 19.3 Å². The summed E-state index contributed by atoms with van der Waals surface area (Å²) in [6.45, 7) is 6.53. The van der Waals surface area contributed by atoms with Crippen molar-refractivity contribution in [2.45, 2.75) is 70.5 Å². The number of hydrogen-bond donors (Lipinski definition) is 1. The summed E-state index contributed by atoms with van der Waals surface area (Å²) in [5.74, 6) is 1.12. The molecule has 1 aliphatic heterocycles. The standard InChI is InChI=1S/C35H43FN4O5/c1-23(35(2,3)36)40(31-7-5-6-15-37-31)34(43)28-11-10-27(44-4)20-30(28)39-17-13-24(14-18-39)22-45-32-19-26(12-16-38-32)29(21-33(41)42)25-8-9-25/h5-7,10-12,15-16,19-20,23-25,29H,8-9,13-14,17-18,21-22H2,1-4H3,(H,41,42)/t23-,29?/m1/s1. The molecule has 2 aromatic heterocycles. The van der Waals surface area contributed by atoms with Crippen LogP contribution in [0.3, 0.4) is 0 Å². The molecule has 2 fully saturated rings. The summed E-state index contributed by atoms with van der Waals surface area (Å²) < 4.78 is 26.9. The Kier molecular flexibility index (Phi) is 9.90. The lowest BCUT2D eigenvalue weighted by Crippen LogP contribution is -2.49. The molecule has 9 nitrogen and oxygen atoms in total. The minimum Gasteiger partial charge on any atom is -0.497 e. The number of anilines is 2. The number of carbonyl (C=O) groups excluding carboxylic acids is 1. The normalized spacial score (nSPS) is 17.0. The highest BCUT2D eigenvalue weighted by Gasteiger charge is 2.37. The minimum absolute atomic E-state index is 0.0107. The quantitative estimate of drug-likeness (QED) is 0.231. The summed E-state index contributed by atoms with van der Waals surface area (Å²) >= 11 is 0. The van der Waals surface area contributed by atoms with E-state index in [0.717, 1.165) is 36.9 Å². The number of amides is 1. The molecule has 1 saturated carbocycles. The summed E-state index contributed by atoms with van der Waals surface area (Å²) in [4.78, 5) is 38.0. The number of alkyl halides is 1. The Hall–Kier alpha value is -4.21. The molecule has 0 bridgehead atoms. The van der Waals surface area contributed by atoms with Gasteiger partial charge in [0.25, 0.3) is 5.91 Å². The van der Waals surface area contributed by atoms with Gasteiger partial charge >= 0.3 is 5.97 Å². The number of halogens is 1. The monoisotopic (exact) mass is 618 g/mol. The molecule has 1 N–H and O–H groups in total. The van der Waals surface area contributed by atoms with Gasteiger partial charge in [0.15, 0.2) is 0 Å². The Balaban J connectivity index is 1.28. The van der Waals surface area contributed by atoms with Crippen molar-refractivity contribution in [1.82, 2.24) is 9.97 Å². The number of pyridine rings is 2. The molecule has 240 valence electrons. The van der Waals surface area contributed by atoms with Crippen LogP contribution in [0.5, 0.6) is 11.6 Å². The Morgan fingerprint density at radius 3 is 2.44 bits per heavy atom. The van der Waals surface area contributed by atoms with Crippen LogP contribution in [0.2, 0.25) is 0 Å². The third-order valence-corrected chi connectivity index (χ3v) is 9.13. The van der Waals surface area contributed by atoms with Crippen LogP contribution in [0.1, 0.15) is 74.7 Å². The van der Waals surface area contributed by atoms with Crippen LogP contribution >= 0.6 is 0 Å². The summed E-state index contributed by atoms with van der Waals surface area (Å²) in [6.07, 6.45) is 7.21. The molecule has 0 radical (unpaired) electrons. The molecule has 5 rings (SSSR count). The van der Waals surface area contributed by atoms with Gasteiger partial charge in [-0.15, -0.1) is 0 Å². The zero-order valence-corrected chi connectivity index (χ0v) is 26.5. The molecule has 1 amide bonds. The summed E-state index contributed by atoms with van der Waals surface area (Å²) in [7, 11) is 1.59. The number of aliphatic carboxylic acids is 1. The summed E-state index contributed by atoms with van der Waals surface area (Å²) in [6, 6.07) is 13.7. The highest BCUT2D eigenvalue weighted by molar-refractivity contribution is 6.10. The zero-order chi connectivity index (χ0) is 32.1. The lowest BCUT2D eigenvalue weighted by Gasteiger charge is -2.37. The number of hydrogen-bond acceptors (Lipinski definition) is 7. The Labute approximate surface area is 264 Å². The first-order chi connectivity index (χ1) is 21.5. The molecule has 10 heteroatoms. The second-order valence-corrected chi connectivity index (χ2v) is 12.7. The summed E-state index contributed by atoms with van der Waals surface area (Å²) in [5.41, 5.74) is 0.504. The number of methoxy groups -OCH3 is 1. The molecular weight excluding hydrogens is 575 g/mol. The van der Waals surface area contributed by atoms with Gasteiger partial charge in [-0.2, -0.15) is 0 Å². The Bertz CT molecular complexity index is 1470. The third-order valence-electron chi connectivity index (χ3n) is 9.13. The maximum Gasteiger partial charge on any atom is 0.303 e. The van der Waals surface area contributed by atoms with Gasteiger partial charge in [0.1, 0.15) is 17.2 Å². The molecule has 1 aromatic carbocycles. The van der Waals surface area contributed by atoms with Crippen molar-refractivity contribution in [3.8, 4) is 11.6 Å². The van der Waals surface area contributed by atoms with E-state index >= 15 is 4.39 Å². The van der Waals surface area contributed by atoms with Crippen LogP contribution in [0.15, 0.2) is 60.9 Å². The van der Waals surface area contributed by atoms with Gasteiger partial charge in [-0.25, -0.2) is 14.4 Å². The van der Waals surface area contributed by atoms with Crippen molar-refractivity contribution in [2.75, 3.05) is 36.6 Å². The van der Waals surface area contributed by atoms with E-state index in [9.17, 15) is 14.7 Å². The van der Waals surface area contributed by atoms with Gasteiger partial charge < -0.3 is 19.5 Å². The van der Waals surface area contributed by atoms with Gasteiger partial charge in [-0.3, -0.25) is 14.5 Å². The first kappa shape index (κ1) is 32.2. The van der Waals surface area contributed by atoms with Gasteiger partial charge in [0, 0.05) is 37.6 Å². The minimum atomic E-state index is -1.67. The van der Waals surface area contributed by atoms with Crippen molar-refractivity contribution >= 4 is 23.4 Å². The largest absolute Gasteiger partial charge is 0.497 e. The maximum absolute atomic E-state index is 15.3. The molecule has 2 aliphatic rings.